The zero-order chi connectivity index (χ0) is 18.7. The summed E-state index contributed by atoms with van der Waals surface area (Å²) in [6, 6.07) is 0. The van der Waals surface area contributed by atoms with E-state index in [0.29, 0.717) is 5.71 Å². The number of aliphatic imine (C=N–C) groups is 1. The quantitative estimate of drug-likeness (QED) is 0.809. The molecule has 140 valence electrons. The number of fused-ring (bicyclic) bond motifs is 1. The molecule has 0 aromatic carbocycles. The van der Waals surface area contributed by atoms with Crippen LogP contribution in [-0.4, -0.2) is 17.5 Å². The van der Waals surface area contributed by atoms with Gasteiger partial charge >= 0.3 is 0 Å². The van der Waals surface area contributed by atoms with Crippen molar-refractivity contribution in [2.45, 2.75) is 65.7 Å². The molecular weight excluding hydrogens is 324 g/mol. The summed E-state index contributed by atoms with van der Waals surface area (Å²) in [5.74, 6) is 0.890. The largest absolute Gasteiger partial charge is 0.325 e. The molecule has 0 saturated heterocycles. The van der Waals surface area contributed by atoms with Crippen LogP contribution in [0.1, 0.15) is 65.7 Å². The second-order valence-electron chi connectivity index (χ2n) is 7.93. The van der Waals surface area contributed by atoms with Gasteiger partial charge in [0.05, 0.1) is 5.71 Å². The predicted molar refractivity (Wildman–Crippen MR) is 105 cm³/mol. The van der Waals surface area contributed by atoms with Gasteiger partial charge in [-0.15, -0.1) is 0 Å². The molecule has 1 aliphatic heterocycles. The van der Waals surface area contributed by atoms with Gasteiger partial charge in [0.1, 0.15) is 0 Å². The van der Waals surface area contributed by atoms with E-state index in [1.165, 1.54) is 19.3 Å². The number of amides is 2. The number of nitrogens with zero attached hydrogens (tertiary/aromatic N) is 1. The van der Waals surface area contributed by atoms with Crippen LogP contribution in [-0.2, 0) is 9.59 Å². The average Bonchev–Trinajstić information content (AvgIpc) is 2.65. The number of carbonyl (C=O) groups excluding carboxylic acids is 2. The van der Waals surface area contributed by atoms with Gasteiger partial charge in [0.25, 0.3) is 5.91 Å². The molecule has 0 aromatic rings. The van der Waals surface area contributed by atoms with E-state index < -0.39 is 0 Å². The van der Waals surface area contributed by atoms with Crippen LogP contribution in [0.4, 0.5) is 0 Å². The normalized spacial score (nSPS) is 30.1. The second kappa shape index (κ2) is 8.15. The van der Waals surface area contributed by atoms with Crippen molar-refractivity contribution in [2.75, 3.05) is 0 Å². The molecule has 1 fully saturated rings. The van der Waals surface area contributed by atoms with Crippen LogP contribution in [0.5, 0.6) is 0 Å². The molecular formula is C22H30N2O2. The van der Waals surface area contributed by atoms with Crippen molar-refractivity contribution in [1.29, 1.82) is 0 Å². The summed E-state index contributed by atoms with van der Waals surface area (Å²) in [7, 11) is 0. The molecule has 1 heterocycles. The lowest BCUT2D eigenvalue weighted by atomic mass is 9.79. The first kappa shape index (κ1) is 18.8. The number of carbonyl (C=O) groups is 2. The first-order chi connectivity index (χ1) is 12.5. The number of rotatable bonds is 4. The molecule has 26 heavy (non-hydrogen) atoms. The molecule has 1 unspecified atom stereocenters. The Balaban J connectivity index is 1.63. The van der Waals surface area contributed by atoms with Crippen molar-refractivity contribution < 1.29 is 9.59 Å². The number of allylic oxidation sites excluding steroid dienone is 3. The zero-order valence-electron chi connectivity index (χ0n) is 16.2. The monoisotopic (exact) mass is 354 g/mol. The summed E-state index contributed by atoms with van der Waals surface area (Å²) in [6.45, 7) is 6.07. The highest BCUT2D eigenvalue weighted by molar-refractivity contribution is 6.11. The zero-order valence-corrected chi connectivity index (χ0v) is 16.2. The van der Waals surface area contributed by atoms with Crippen LogP contribution in [0.25, 0.3) is 0 Å². The van der Waals surface area contributed by atoms with E-state index >= 15 is 0 Å². The number of hydrogen-bond donors (Lipinski definition) is 1. The maximum atomic E-state index is 12.6. The third-order valence-corrected chi connectivity index (χ3v) is 6.16. The number of unbranched alkanes of at least 4 members (excludes halogenated alkanes) is 1. The number of nitrogens with one attached hydrogen (secondary N) is 1. The fourth-order valence-electron chi connectivity index (χ4n) is 4.20. The van der Waals surface area contributed by atoms with Gasteiger partial charge in [0.2, 0.25) is 5.91 Å². The van der Waals surface area contributed by atoms with E-state index in [2.05, 4.69) is 17.2 Å². The Hall–Kier alpha value is -1.97. The van der Waals surface area contributed by atoms with E-state index in [4.69, 9.17) is 0 Å². The second-order valence-corrected chi connectivity index (χ2v) is 7.93. The van der Waals surface area contributed by atoms with Crippen LogP contribution in [0.2, 0.25) is 0 Å². The molecule has 1 saturated carbocycles. The van der Waals surface area contributed by atoms with Gasteiger partial charge in [-0.1, -0.05) is 37.8 Å². The Morgan fingerprint density at radius 2 is 1.96 bits per heavy atom. The van der Waals surface area contributed by atoms with Crippen LogP contribution in [0.3, 0.4) is 0 Å². The lowest BCUT2D eigenvalue weighted by Gasteiger charge is -2.28. The molecule has 2 amide bonds. The van der Waals surface area contributed by atoms with Gasteiger partial charge in [0, 0.05) is 23.1 Å². The smallest absolute Gasteiger partial charge is 0.251 e. The van der Waals surface area contributed by atoms with Crippen LogP contribution in [0, 0.1) is 17.8 Å². The highest BCUT2D eigenvalue weighted by atomic mass is 16.2. The van der Waals surface area contributed by atoms with Gasteiger partial charge in [-0.2, -0.15) is 0 Å². The Kier molecular flexibility index (Phi) is 5.90. The molecule has 0 spiro atoms. The van der Waals surface area contributed by atoms with Gasteiger partial charge in [-0.3, -0.25) is 9.59 Å². The molecule has 1 N–H and O–H groups in total. The van der Waals surface area contributed by atoms with E-state index in [1.807, 2.05) is 32.1 Å². The molecule has 4 heteroatoms. The lowest BCUT2D eigenvalue weighted by molar-refractivity contribution is -0.122. The minimum absolute atomic E-state index is 0.000489. The van der Waals surface area contributed by atoms with Crippen LogP contribution in [0.15, 0.2) is 40.1 Å². The highest BCUT2D eigenvalue weighted by Gasteiger charge is 2.29. The predicted octanol–water partition coefficient (Wildman–Crippen LogP) is 4.49. The fraction of sp³-hybridized carbons (Fsp3) is 0.591. The van der Waals surface area contributed by atoms with Gasteiger partial charge in [-0.05, 0) is 57.6 Å². The third kappa shape index (κ3) is 4.05. The molecule has 0 bridgehead atoms. The Morgan fingerprint density at radius 3 is 2.65 bits per heavy atom. The third-order valence-electron chi connectivity index (χ3n) is 6.16. The molecule has 3 rings (SSSR count). The Bertz CT molecular complexity index is 704. The van der Waals surface area contributed by atoms with Gasteiger partial charge < -0.3 is 5.32 Å². The summed E-state index contributed by atoms with van der Waals surface area (Å²) in [6.07, 6.45) is 13.9. The summed E-state index contributed by atoms with van der Waals surface area (Å²) in [4.78, 5) is 28.9. The van der Waals surface area contributed by atoms with Crippen LogP contribution < -0.4 is 5.32 Å². The average molecular weight is 354 g/mol. The lowest BCUT2D eigenvalue weighted by Crippen LogP contribution is -2.35. The summed E-state index contributed by atoms with van der Waals surface area (Å²) >= 11 is 0. The van der Waals surface area contributed by atoms with Gasteiger partial charge in [0.15, 0.2) is 0 Å². The summed E-state index contributed by atoms with van der Waals surface area (Å²) in [5, 5.41) is 2.93. The number of hydrogen-bond acceptors (Lipinski definition) is 2. The van der Waals surface area contributed by atoms with E-state index in [9.17, 15) is 9.59 Å². The highest BCUT2D eigenvalue weighted by Crippen LogP contribution is 2.33. The van der Waals surface area contributed by atoms with Crippen molar-refractivity contribution >= 4 is 17.5 Å². The van der Waals surface area contributed by atoms with Crippen molar-refractivity contribution in [1.82, 2.24) is 5.32 Å². The van der Waals surface area contributed by atoms with Crippen molar-refractivity contribution in [3.63, 3.8) is 0 Å². The van der Waals surface area contributed by atoms with E-state index in [1.54, 1.807) is 0 Å². The minimum Gasteiger partial charge on any atom is -0.325 e. The van der Waals surface area contributed by atoms with E-state index in [0.717, 1.165) is 48.4 Å². The SMILES string of the molecule is CCCCC1CCC(C(=O)N=C2C=CC3C(=C2)NC(=O)C(C)=C3C)CC1. The molecule has 0 aromatic heterocycles. The Labute approximate surface area is 156 Å². The first-order valence-corrected chi connectivity index (χ1v) is 10.0. The molecule has 4 nitrogen and oxygen atoms in total. The van der Waals surface area contributed by atoms with Crippen molar-refractivity contribution in [3.8, 4) is 0 Å². The molecule has 1 atom stereocenters. The van der Waals surface area contributed by atoms with Gasteiger partial charge in [-0.25, -0.2) is 4.99 Å². The topological polar surface area (TPSA) is 58.5 Å². The Morgan fingerprint density at radius 1 is 1.23 bits per heavy atom. The van der Waals surface area contributed by atoms with Crippen molar-refractivity contribution in [2.24, 2.45) is 22.7 Å². The molecule has 2 aliphatic carbocycles. The maximum absolute atomic E-state index is 12.6. The molecule has 3 aliphatic rings. The standard InChI is InChI=1S/C22H30N2O2/c1-4-5-6-16-7-9-17(10-8-16)22(26)23-18-11-12-19-14(2)15(3)21(25)24-20(19)13-18/h11-13,16-17,19H,4-10H2,1-3H3,(H,24,25). The van der Waals surface area contributed by atoms with Crippen LogP contribution >= 0.6 is 0 Å². The fourth-order valence-corrected chi connectivity index (χ4v) is 4.20. The summed E-state index contributed by atoms with van der Waals surface area (Å²) in [5.41, 5.74) is 3.32. The maximum Gasteiger partial charge on any atom is 0.251 e. The minimum atomic E-state index is -0.0589. The van der Waals surface area contributed by atoms with E-state index in [-0.39, 0.29) is 23.7 Å². The first-order valence-electron chi connectivity index (χ1n) is 10.0. The molecule has 0 radical (unpaired) electrons. The van der Waals surface area contributed by atoms with Crippen molar-refractivity contribution in [3.05, 3.63) is 35.1 Å². The summed E-state index contributed by atoms with van der Waals surface area (Å²) < 4.78 is 0.